The number of benzene rings is 1. The molecule has 1 aromatic rings. The molecule has 0 aromatic heterocycles. The number of rotatable bonds is 1. The second kappa shape index (κ2) is 4.00. The molecule has 0 aliphatic rings. The van der Waals surface area contributed by atoms with E-state index >= 15 is 0 Å². The lowest BCUT2D eigenvalue weighted by Crippen LogP contribution is -1.97. The van der Waals surface area contributed by atoms with Gasteiger partial charge >= 0.3 is 0 Å². The molecule has 1 nitrogen and oxygen atoms in total. The van der Waals surface area contributed by atoms with Crippen LogP contribution in [0.5, 0.6) is 5.75 Å². The van der Waals surface area contributed by atoms with Crippen LogP contribution in [0, 0.1) is 13.8 Å². The third-order valence-electron chi connectivity index (χ3n) is 2.45. The summed E-state index contributed by atoms with van der Waals surface area (Å²) >= 11 is 12.1. The van der Waals surface area contributed by atoms with Crippen molar-refractivity contribution in [1.82, 2.24) is 0 Å². The van der Waals surface area contributed by atoms with Crippen LogP contribution in [0.4, 0.5) is 0 Å². The van der Waals surface area contributed by atoms with Crippen LogP contribution in [0.2, 0.25) is 10.0 Å². The highest BCUT2D eigenvalue weighted by Crippen LogP contribution is 2.41. The molecule has 1 N–H and O–H groups in total. The van der Waals surface area contributed by atoms with Crippen molar-refractivity contribution in [2.75, 3.05) is 0 Å². The molecule has 3 heteroatoms. The van der Waals surface area contributed by atoms with E-state index in [1.807, 2.05) is 20.8 Å². The Bertz CT molecular complexity index is 341. The summed E-state index contributed by atoms with van der Waals surface area (Å²) in [5, 5.41) is 10.8. The molecular weight excluding hydrogens is 219 g/mol. The maximum absolute atomic E-state index is 9.80. The van der Waals surface area contributed by atoms with E-state index < -0.39 is 0 Å². The van der Waals surface area contributed by atoms with Gasteiger partial charge in [-0.05, 0) is 30.9 Å². The van der Waals surface area contributed by atoms with Crippen LogP contribution >= 0.6 is 23.2 Å². The van der Waals surface area contributed by atoms with Crippen LogP contribution in [-0.2, 0) is 0 Å². The third-order valence-corrected chi connectivity index (χ3v) is 3.41. The van der Waals surface area contributed by atoms with Gasteiger partial charge in [0.1, 0.15) is 5.75 Å². The lowest BCUT2D eigenvalue weighted by atomic mass is 9.95. The second-order valence-corrected chi connectivity index (χ2v) is 4.55. The fourth-order valence-corrected chi connectivity index (χ4v) is 2.34. The molecule has 0 aliphatic heterocycles. The molecule has 0 aliphatic carbocycles. The smallest absolute Gasteiger partial charge is 0.123 e. The fraction of sp³-hybridized carbons (Fsp3) is 0.455. The lowest BCUT2D eigenvalue weighted by molar-refractivity contribution is 0.465. The molecule has 0 bridgehead atoms. The van der Waals surface area contributed by atoms with E-state index in [4.69, 9.17) is 23.2 Å². The summed E-state index contributed by atoms with van der Waals surface area (Å²) in [6.45, 7) is 7.68. The molecular formula is C11H14Cl2O. The van der Waals surface area contributed by atoms with Crippen molar-refractivity contribution in [3.05, 3.63) is 26.7 Å². The van der Waals surface area contributed by atoms with Gasteiger partial charge in [-0.25, -0.2) is 0 Å². The Hall–Kier alpha value is -0.400. The van der Waals surface area contributed by atoms with E-state index in [-0.39, 0.29) is 11.7 Å². The average Bonchev–Trinajstić information content (AvgIpc) is 2.11. The van der Waals surface area contributed by atoms with Gasteiger partial charge in [-0.15, -0.1) is 0 Å². The summed E-state index contributed by atoms with van der Waals surface area (Å²) in [4.78, 5) is 0. The standard InChI is InChI=1S/C11H14Cl2O/c1-5(2)8-6(3)11(14)7(4)9(12)10(8)13/h5,14H,1-4H3. The first-order valence-electron chi connectivity index (χ1n) is 4.54. The monoisotopic (exact) mass is 232 g/mol. The van der Waals surface area contributed by atoms with Crippen LogP contribution in [0.3, 0.4) is 0 Å². The number of hydrogen-bond donors (Lipinski definition) is 1. The van der Waals surface area contributed by atoms with Gasteiger partial charge in [0.05, 0.1) is 10.0 Å². The van der Waals surface area contributed by atoms with Crippen LogP contribution in [0.1, 0.15) is 36.5 Å². The Labute approximate surface area is 94.7 Å². The quantitative estimate of drug-likeness (QED) is 0.760. The van der Waals surface area contributed by atoms with Gasteiger partial charge < -0.3 is 5.11 Å². The summed E-state index contributed by atoms with van der Waals surface area (Å²) in [7, 11) is 0. The first-order chi connectivity index (χ1) is 6.37. The fourth-order valence-electron chi connectivity index (χ4n) is 1.65. The van der Waals surface area contributed by atoms with E-state index in [1.54, 1.807) is 6.92 Å². The minimum Gasteiger partial charge on any atom is -0.507 e. The molecule has 78 valence electrons. The SMILES string of the molecule is Cc1c(O)c(C)c(C(C)C)c(Cl)c1Cl. The van der Waals surface area contributed by atoms with E-state index in [9.17, 15) is 5.11 Å². The predicted molar refractivity (Wildman–Crippen MR) is 61.7 cm³/mol. The summed E-state index contributed by atoms with van der Waals surface area (Å²) in [5.74, 6) is 0.509. The highest BCUT2D eigenvalue weighted by Gasteiger charge is 2.18. The van der Waals surface area contributed by atoms with Crippen molar-refractivity contribution >= 4 is 23.2 Å². The van der Waals surface area contributed by atoms with Crippen molar-refractivity contribution < 1.29 is 5.11 Å². The topological polar surface area (TPSA) is 20.2 Å². The zero-order chi connectivity index (χ0) is 11.0. The maximum Gasteiger partial charge on any atom is 0.123 e. The summed E-state index contributed by atoms with van der Waals surface area (Å²) in [6.07, 6.45) is 0. The van der Waals surface area contributed by atoms with E-state index in [1.165, 1.54) is 0 Å². The molecule has 0 atom stereocenters. The molecule has 0 saturated heterocycles. The van der Waals surface area contributed by atoms with E-state index in [0.29, 0.717) is 15.6 Å². The largest absolute Gasteiger partial charge is 0.507 e. The van der Waals surface area contributed by atoms with E-state index in [0.717, 1.165) is 11.1 Å². The first-order valence-corrected chi connectivity index (χ1v) is 5.30. The maximum atomic E-state index is 9.80. The molecule has 0 radical (unpaired) electrons. The van der Waals surface area contributed by atoms with Crippen LogP contribution in [-0.4, -0.2) is 5.11 Å². The molecule has 0 saturated carbocycles. The second-order valence-electron chi connectivity index (χ2n) is 3.79. The Kier molecular flexibility index (Phi) is 3.33. The molecule has 0 unspecified atom stereocenters. The van der Waals surface area contributed by atoms with Crippen LogP contribution in [0.15, 0.2) is 0 Å². The number of aromatic hydroxyl groups is 1. The highest BCUT2D eigenvalue weighted by molar-refractivity contribution is 6.43. The third kappa shape index (κ3) is 1.71. The van der Waals surface area contributed by atoms with Crippen LogP contribution < -0.4 is 0 Å². The van der Waals surface area contributed by atoms with Gasteiger partial charge in [-0.1, -0.05) is 37.0 Å². The molecule has 0 heterocycles. The Balaban J connectivity index is 3.60. The number of phenolic OH excluding ortho intramolecular Hbond substituents is 1. The summed E-state index contributed by atoms with van der Waals surface area (Å²) < 4.78 is 0. The van der Waals surface area contributed by atoms with Gasteiger partial charge in [-0.2, -0.15) is 0 Å². The van der Waals surface area contributed by atoms with Crippen molar-refractivity contribution in [2.24, 2.45) is 0 Å². The summed E-state index contributed by atoms with van der Waals surface area (Å²) in [6, 6.07) is 0. The molecule has 0 amide bonds. The molecule has 0 fully saturated rings. The minimum atomic E-state index is 0.253. The Morgan fingerprint density at radius 2 is 1.50 bits per heavy atom. The molecule has 0 spiro atoms. The lowest BCUT2D eigenvalue weighted by Gasteiger charge is -2.17. The number of halogens is 2. The van der Waals surface area contributed by atoms with Gasteiger partial charge in [0, 0.05) is 5.56 Å². The van der Waals surface area contributed by atoms with Gasteiger partial charge in [0.15, 0.2) is 0 Å². The number of hydrogen-bond acceptors (Lipinski definition) is 1. The normalized spacial score (nSPS) is 11.1. The van der Waals surface area contributed by atoms with Crippen molar-refractivity contribution in [3.63, 3.8) is 0 Å². The van der Waals surface area contributed by atoms with Crippen molar-refractivity contribution in [1.29, 1.82) is 0 Å². The van der Waals surface area contributed by atoms with E-state index in [2.05, 4.69) is 0 Å². The number of phenols is 1. The minimum absolute atomic E-state index is 0.253. The predicted octanol–water partition coefficient (Wildman–Crippen LogP) is 4.44. The zero-order valence-electron chi connectivity index (χ0n) is 8.78. The molecule has 14 heavy (non-hydrogen) atoms. The van der Waals surface area contributed by atoms with Gasteiger partial charge in [0.25, 0.3) is 0 Å². The summed E-state index contributed by atoms with van der Waals surface area (Å²) in [5.41, 5.74) is 2.41. The van der Waals surface area contributed by atoms with Crippen molar-refractivity contribution in [3.8, 4) is 5.75 Å². The molecule has 1 aromatic carbocycles. The Morgan fingerprint density at radius 3 is 1.93 bits per heavy atom. The molecule has 1 rings (SSSR count). The van der Waals surface area contributed by atoms with Crippen LogP contribution in [0.25, 0.3) is 0 Å². The zero-order valence-corrected chi connectivity index (χ0v) is 10.3. The first kappa shape index (κ1) is 11.7. The van der Waals surface area contributed by atoms with Gasteiger partial charge in [-0.3, -0.25) is 0 Å². The highest BCUT2D eigenvalue weighted by atomic mass is 35.5. The average molecular weight is 233 g/mol. The Morgan fingerprint density at radius 1 is 1.00 bits per heavy atom. The van der Waals surface area contributed by atoms with Crippen molar-refractivity contribution in [2.45, 2.75) is 33.6 Å². The van der Waals surface area contributed by atoms with Gasteiger partial charge in [0.2, 0.25) is 0 Å².